The zero-order valence-corrected chi connectivity index (χ0v) is 13.7. The molecule has 1 atom stereocenters. The third-order valence-electron chi connectivity index (χ3n) is 4.15. The molecule has 6 nitrogen and oxygen atoms in total. The van der Waals surface area contributed by atoms with Crippen LogP contribution in [0, 0.1) is 19.8 Å². The molecule has 0 fully saturated rings. The molecule has 1 aliphatic rings. The molecule has 3 rings (SSSR count). The predicted molar refractivity (Wildman–Crippen MR) is 85.9 cm³/mol. The Morgan fingerprint density at radius 1 is 1.55 bits per heavy atom. The monoisotopic (exact) mass is 319 g/mol. The van der Waals surface area contributed by atoms with Gasteiger partial charge < -0.3 is 11.1 Å². The van der Waals surface area contributed by atoms with Gasteiger partial charge in [-0.15, -0.1) is 11.3 Å². The van der Waals surface area contributed by atoms with Crippen LogP contribution in [0.4, 0.5) is 0 Å². The minimum Gasteiger partial charge on any atom is -0.365 e. The Kier molecular flexibility index (Phi) is 4.26. The van der Waals surface area contributed by atoms with Gasteiger partial charge in [-0.1, -0.05) is 0 Å². The molecule has 22 heavy (non-hydrogen) atoms. The standard InChI is InChI=1S/C15H21N5OS/c1-9-14(22-10(2)19-9)7-17-5-11-3-4-13-12(15(16)21)6-18-20(13)8-11/h6,11,17H,3-5,7-8H2,1-2H3,(H2,16,21). The number of nitrogens with two attached hydrogens (primary N) is 1. The summed E-state index contributed by atoms with van der Waals surface area (Å²) < 4.78 is 1.93. The van der Waals surface area contributed by atoms with E-state index in [2.05, 4.69) is 22.3 Å². The fourth-order valence-electron chi connectivity index (χ4n) is 3.01. The number of aryl methyl sites for hydroxylation is 2. The highest BCUT2D eigenvalue weighted by Gasteiger charge is 2.23. The van der Waals surface area contributed by atoms with Crippen LogP contribution >= 0.6 is 11.3 Å². The van der Waals surface area contributed by atoms with E-state index in [0.29, 0.717) is 11.5 Å². The Morgan fingerprint density at radius 2 is 2.36 bits per heavy atom. The Labute approximate surface area is 133 Å². The number of nitrogens with one attached hydrogen (secondary N) is 1. The molecule has 118 valence electrons. The summed E-state index contributed by atoms with van der Waals surface area (Å²) in [6, 6.07) is 0. The highest BCUT2D eigenvalue weighted by atomic mass is 32.1. The lowest BCUT2D eigenvalue weighted by Gasteiger charge is -2.24. The Hall–Kier alpha value is -1.73. The van der Waals surface area contributed by atoms with Gasteiger partial charge in [0.05, 0.1) is 28.2 Å². The third kappa shape index (κ3) is 3.05. The first-order chi connectivity index (χ1) is 10.5. The highest BCUT2D eigenvalue weighted by molar-refractivity contribution is 7.11. The van der Waals surface area contributed by atoms with E-state index >= 15 is 0 Å². The van der Waals surface area contributed by atoms with E-state index < -0.39 is 0 Å². The van der Waals surface area contributed by atoms with Gasteiger partial charge in [0.25, 0.3) is 5.91 Å². The number of rotatable bonds is 5. The van der Waals surface area contributed by atoms with Crippen LogP contribution in [0.1, 0.15) is 38.1 Å². The largest absolute Gasteiger partial charge is 0.365 e. The van der Waals surface area contributed by atoms with Crippen molar-refractivity contribution >= 4 is 17.2 Å². The van der Waals surface area contributed by atoms with Crippen molar-refractivity contribution in [2.75, 3.05) is 6.54 Å². The molecule has 0 aliphatic carbocycles. The molecule has 1 aliphatic heterocycles. The Balaban J connectivity index is 1.55. The zero-order chi connectivity index (χ0) is 15.7. The fraction of sp³-hybridized carbons (Fsp3) is 0.533. The number of fused-ring (bicyclic) bond motifs is 1. The summed E-state index contributed by atoms with van der Waals surface area (Å²) >= 11 is 1.75. The second-order valence-corrected chi connectivity index (χ2v) is 7.12. The van der Waals surface area contributed by atoms with E-state index in [1.54, 1.807) is 17.5 Å². The van der Waals surface area contributed by atoms with Gasteiger partial charge >= 0.3 is 0 Å². The molecule has 1 amide bonds. The topological polar surface area (TPSA) is 85.8 Å². The van der Waals surface area contributed by atoms with Crippen LogP contribution in [0.25, 0.3) is 0 Å². The van der Waals surface area contributed by atoms with Gasteiger partial charge in [-0.3, -0.25) is 9.48 Å². The molecule has 0 aromatic carbocycles. The van der Waals surface area contributed by atoms with Crippen molar-refractivity contribution in [2.45, 2.75) is 39.8 Å². The Bertz CT molecular complexity index is 690. The summed E-state index contributed by atoms with van der Waals surface area (Å²) in [7, 11) is 0. The van der Waals surface area contributed by atoms with Gasteiger partial charge in [-0.25, -0.2) is 4.98 Å². The molecule has 3 N–H and O–H groups in total. The van der Waals surface area contributed by atoms with Crippen molar-refractivity contribution < 1.29 is 4.79 Å². The molecule has 0 bridgehead atoms. The quantitative estimate of drug-likeness (QED) is 0.872. The maximum absolute atomic E-state index is 11.3. The van der Waals surface area contributed by atoms with E-state index in [1.165, 1.54) is 4.88 Å². The number of carbonyl (C=O) groups is 1. The summed E-state index contributed by atoms with van der Waals surface area (Å²) in [6.07, 6.45) is 3.51. The maximum atomic E-state index is 11.3. The lowest BCUT2D eigenvalue weighted by atomic mass is 9.96. The van der Waals surface area contributed by atoms with Crippen molar-refractivity contribution in [3.05, 3.63) is 33.0 Å². The number of aromatic nitrogens is 3. The summed E-state index contributed by atoms with van der Waals surface area (Å²) in [5, 5.41) is 8.93. The van der Waals surface area contributed by atoms with Crippen molar-refractivity contribution in [1.29, 1.82) is 0 Å². The molecule has 7 heteroatoms. The first-order valence-corrected chi connectivity index (χ1v) is 8.34. The van der Waals surface area contributed by atoms with Crippen LogP contribution in [0.2, 0.25) is 0 Å². The van der Waals surface area contributed by atoms with E-state index in [1.807, 2.05) is 11.6 Å². The second kappa shape index (κ2) is 6.18. The molecular formula is C15H21N5OS. The average Bonchev–Trinajstić information content (AvgIpc) is 3.02. The van der Waals surface area contributed by atoms with Crippen LogP contribution < -0.4 is 11.1 Å². The molecule has 2 aromatic heterocycles. The first-order valence-electron chi connectivity index (χ1n) is 7.52. The number of amides is 1. The third-order valence-corrected chi connectivity index (χ3v) is 5.23. The van der Waals surface area contributed by atoms with Crippen LogP contribution in [0.15, 0.2) is 6.20 Å². The summed E-state index contributed by atoms with van der Waals surface area (Å²) in [6.45, 7) is 6.75. The molecule has 0 radical (unpaired) electrons. The van der Waals surface area contributed by atoms with Crippen molar-refractivity contribution in [1.82, 2.24) is 20.1 Å². The molecular weight excluding hydrogens is 298 g/mol. The van der Waals surface area contributed by atoms with E-state index in [4.69, 9.17) is 5.73 Å². The van der Waals surface area contributed by atoms with Crippen molar-refractivity contribution in [2.24, 2.45) is 11.7 Å². The minimum atomic E-state index is -0.381. The lowest BCUT2D eigenvalue weighted by molar-refractivity contribution is 0.0998. The van der Waals surface area contributed by atoms with Gasteiger partial charge in [0.2, 0.25) is 0 Å². The summed E-state index contributed by atoms with van der Waals surface area (Å²) in [4.78, 5) is 17.1. The van der Waals surface area contributed by atoms with Gasteiger partial charge in [0.15, 0.2) is 0 Å². The first kappa shape index (κ1) is 15.2. The van der Waals surface area contributed by atoms with Crippen LogP contribution in [-0.2, 0) is 19.5 Å². The van der Waals surface area contributed by atoms with Crippen LogP contribution in [0.3, 0.4) is 0 Å². The lowest BCUT2D eigenvalue weighted by Crippen LogP contribution is -2.31. The normalized spacial score (nSPS) is 17.5. The van der Waals surface area contributed by atoms with Crippen molar-refractivity contribution in [3.63, 3.8) is 0 Å². The highest BCUT2D eigenvalue weighted by Crippen LogP contribution is 2.22. The number of hydrogen-bond donors (Lipinski definition) is 2. The molecule has 2 aromatic rings. The number of hydrogen-bond acceptors (Lipinski definition) is 5. The number of primary amides is 1. The number of thiazole rings is 1. The number of nitrogens with zero attached hydrogens (tertiary/aromatic N) is 3. The van der Waals surface area contributed by atoms with Gasteiger partial charge in [-0.2, -0.15) is 5.10 Å². The molecule has 0 saturated carbocycles. The number of carbonyl (C=O) groups excluding carboxylic acids is 1. The predicted octanol–water partition coefficient (Wildman–Crippen LogP) is 1.41. The van der Waals surface area contributed by atoms with Crippen LogP contribution in [0.5, 0.6) is 0 Å². The van der Waals surface area contributed by atoms with Gasteiger partial charge in [0.1, 0.15) is 0 Å². The van der Waals surface area contributed by atoms with Gasteiger partial charge in [-0.05, 0) is 32.6 Å². The summed E-state index contributed by atoms with van der Waals surface area (Å²) in [5.41, 5.74) is 8.05. The second-order valence-electron chi connectivity index (χ2n) is 5.83. The zero-order valence-electron chi connectivity index (χ0n) is 12.9. The average molecular weight is 319 g/mol. The Morgan fingerprint density at radius 3 is 3.05 bits per heavy atom. The van der Waals surface area contributed by atoms with Crippen molar-refractivity contribution in [3.8, 4) is 0 Å². The van der Waals surface area contributed by atoms with Gasteiger partial charge in [0, 0.05) is 24.5 Å². The molecule has 0 saturated heterocycles. The molecule has 1 unspecified atom stereocenters. The SMILES string of the molecule is Cc1nc(C)c(CNCC2CCc3c(C(N)=O)cnn3C2)s1. The maximum Gasteiger partial charge on any atom is 0.252 e. The minimum absolute atomic E-state index is 0.381. The molecule has 3 heterocycles. The van der Waals surface area contributed by atoms with E-state index in [-0.39, 0.29) is 5.91 Å². The fourth-order valence-corrected chi connectivity index (χ4v) is 3.91. The van der Waals surface area contributed by atoms with Crippen LogP contribution in [-0.4, -0.2) is 27.2 Å². The smallest absolute Gasteiger partial charge is 0.252 e. The summed E-state index contributed by atoms with van der Waals surface area (Å²) in [5.74, 6) is 0.149. The van der Waals surface area contributed by atoms with E-state index in [0.717, 1.165) is 48.9 Å². The molecule has 0 spiro atoms. The van der Waals surface area contributed by atoms with E-state index in [9.17, 15) is 4.79 Å².